The molecule has 1 aromatic rings. The van der Waals surface area contributed by atoms with Crippen molar-refractivity contribution in [3.05, 3.63) is 29.8 Å². The van der Waals surface area contributed by atoms with Crippen molar-refractivity contribution in [1.82, 2.24) is 15.1 Å². The van der Waals surface area contributed by atoms with E-state index in [4.69, 9.17) is 4.74 Å². The highest BCUT2D eigenvalue weighted by atomic mass is 16.5. The first kappa shape index (κ1) is 18.3. The van der Waals surface area contributed by atoms with Gasteiger partial charge >= 0.3 is 0 Å². The van der Waals surface area contributed by atoms with Crippen LogP contribution in [0.25, 0.3) is 0 Å². The van der Waals surface area contributed by atoms with E-state index < -0.39 is 0 Å². The first-order chi connectivity index (χ1) is 11.5. The predicted octanol–water partition coefficient (Wildman–Crippen LogP) is 1.11. The molecule has 1 aliphatic rings. The van der Waals surface area contributed by atoms with Gasteiger partial charge in [-0.25, -0.2) is 0 Å². The fourth-order valence-electron chi connectivity index (χ4n) is 3.05. The maximum atomic E-state index is 12.2. The summed E-state index contributed by atoms with van der Waals surface area (Å²) in [4.78, 5) is 27.9. The fraction of sp³-hybridized carbons (Fsp3) is 0.556. The number of rotatable bonds is 5. The fourth-order valence-corrected chi connectivity index (χ4v) is 3.05. The summed E-state index contributed by atoms with van der Waals surface area (Å²) in [6.45, 7) is 7.33. The van der Waals surface area contributed by atoms with E-state index in [1.54, 1.807) is 18.9 Å². The Labute approximate surface area is 143 Å². The van der Waals surface area contributed by atoms with Crippen molar-refractivity contribution in [3.8, 4) is 5.75 Å². The van der Waals surface area contributed by atoms with Gasteiger partial charge in [0.15, 0.2) is 0 Å². The summed E-state index contributed by atoms with van der Waals surface area (Å²) in [6, 6.07) is 7.97. The van der Waals surface area contributed by atoms with Gasteiger partial charge in [0.25, 0.3) is 0 Å². The molecule has 132 valence electrons. The van der Waals surface area contributed by atoms with Crippen molar-refractivity contribution in [2.75, 3.05) is 39.8 Å². The third-order valence-electron chi connectivity index (χ3n) is 4.33. The van der Waals surface area contributed by atoms with Gasteiger partial charge in [-0.3, -0.25) is 14.5 Å². The monoisotopic (exact) mass is 333 g/mol. The van der Waals surface area contributed by atoms with Crippen LogP contribution in [0.4, 0.5) is 0 Å². The van der Waals surface area contributed by atoms with E-state index >= 15 is 0 Å². The first-order valence-corrected chi connectivity index (χ1v) is 8.45. The SMILES string of the molecule is CCOc1ccccc1CN1CCN(C(C)=O)CC(C(=O)NC)C1. The molecular formula is C18H27N3O3. The number of nitrogens with zero attached hydrogens (tertiary/aromatic N) is 2. The van der Waals surface area contributed by atoms with Crippen molar-refractivity contribution in [2.45, 2.75) is 20.4 Å². The number of nitrogens with one attached hydrogen (secondary N) is 1. The van der Waals surface area contributed by atoms with Gasteiger partial charge in [-0.1, -0.05) is 18.2 Å². The Morgan fingerprint density at radius 2 is 2.00 bits per heavy atom. The van der Waals surface area contributed by atoms with Crippen LogP contribution in [-0.4, -0.2) is 61.4 Å². The van der Waals surface area contributed by atoms with E-state index in [2.05, 4.69) is 10.2 Å². The summed E-state index contributed by atoms with van der Waals surface area (Å²) in [5, 5.41) is 2.71. The summed E-state index contributed by atoms with van der Waals surface area (Å²) in [6.07, 6.45) is 0. The molecule has 6 nitrogen and oxygen atoms in total. The minimum absolute atomic E-state index is 0.0143. The van der Waals surface area contributed by atoms with Gasteiger partial charge in [0.2, 0.25) is 11.8 Å². The summed E-state index contributed by atoms with van der Waals surface area (Å²) < 4.78 is 5.69. The molecule has 1 aromatic carbocycles. The molecule has 6 heteroatoms. The largest absolute Gasteiger partial charge is 0.494 e. The molecular weight excluding hydrogens is 306 g/mol. The highest BCUT2D eigenvalue weighted by molar-refractivity contribution is 5.80. The summed E-state index contributed by atoms with van der Waals surface area (Å²) in [7, 11) is 1.64. The summed E-state index contributed by atoms with van der Waals surface area (Å²) in [5.74, 6) is 0.650. The molecule has 1 aliphatic heterocycles. The van der Waals surface area contributed by atoms with E-state index in [0.29, 0.717) is 32.8 Å². The van der Waals surface area contributed by atoms with E-state index in [9.17, 15) is 9.59 Å². The number of ether oxygens (including phenoxy) is 1. The molecule has 1 atom stereocenters. The maximum absolute atomic E-state index is 12.2. The van der Waals surface area contributed by atoms with E-state index in [0.717, 1.165) is 17.9 Å². The van der Waals surface area contributed by atoms with E-state index in [1.807, 2.05) is 31.2 Å². The van der Waals surface area contributed by atoms with Gasteiger partial charge in [0.1, 0.15) is 5.75 Å². The molecule has 1 heterocycles. The van der Waals surface area contributed by atoms with Crippen LogP contribution < -0.4 is 10.1 Å². The summed E-state index contributed by atoms with van der Waals surface area (Å²) >= 11 is 0. The van der Waals surface area contributed by atoms with E-state index in [1.165, 1.54) is 0 Å². The molecule has 24 heavy (non-hydrogen) atoms. The highest BCUT2D eigenvalue weighted by Gasteiger charge is 2.28. The number of benzene rings is 1. The Hall–Kier alpha value is -2.08. The second-order valence-electron chi connectivity index (χ2n) is 6.05. The molecule has 1 unspecified atom stereocenters. The normalized spacial score (nSPS) is 18.8. The molecule has 0 spiro atoms. The average Bonchev–Trinajstić information content (AvgIpc) is 2.79. The first-order valence-electron chi connectivity index (χ1n) is 8.45. The van der Waals surface area contributed by atoms with Crippen molar-refractivity contribution in [1.29, 1.82) is 0 Å². The minimum Gasteiger partial charge on any atom is -0.494 e. The molecule has 0 saturated carbocycles. The van der Waals surface area contributed by atoms with Gasteiger partial charge in [-0.05, 0) is 13.0 Å². The van der Waals surface area contributed by atoms with Crippen molar-refractivity contribution >= 4 is 11.8 Å². The molecule has 0 aromatic heterocycles. The lowest BCUT2D eigenvalue weighted by molar-refractivity contribution is -0.130. The van der Waals surface area contributed by atoms with Crippen molar-refractivity contribution in [3.63, 3.8) is 0 Å². The zero-order valence-electron chi connectivity index (χ0n) is 14.7. The molecule has 0 aliphatic carbocycles. The van der Waals surface area contributed by atoms with E-state index in [-0.39, 0.29) is 17.7 Å². The molecule has 1 fully saturated rings. The average molecular weight is 333 g/mol. The van der Waals surface area contributed by atoms with Crippen LogP contribution in [0.15, 0.2) is 24.3 Å². The summed E-state index contributed by atoms with van der Waals surface area (Å²) in [5.41, 5.74) is 1.10. The van der Waals surface area contributed by atoms with Gasteiger partial charge in [-0.15, -0.1) is 0 Å². The Bertz CT molecular complexity index is 576. The topological polar surface area (TPSA) is 61.9 Å². The highest BCUT2D eigenvalue weighted by Crippen LogP contribution is 2.21. The van der Waals surface area contributed by atoms with Crippen LogP contribution in [0.2, 0.25) is 0 Å². The molecule has 1 N–H and O–H groups in total. The van der Waals surface area contributed by atoms with Crippen LogP contribution in [-0.2, 0) is 16.1 Å². The van der Waals surface area contributed by atoms with Crippen LogP contribution in [0.1, 0.15) is 19.4 Å². The van der Waals surface area contributed by atoms with Crippen LogP contribution in [0, 0.1) is 5.92 Å². The van der Waals surface area contributed by atoms with Gasteiger partial charge in [-0.2, -0.15) is 0 Å². The molecule has 2 amide bonds. The van der Waals surface area contributed by atoms with Crippen LogP contribution >= 0.6 is 0 Å². The quantitative estimate of drug-likeness (QED) is 0.877. The Morgan fingerprint density at radius 1 is 1.25 bits per heavy atom. The lowest BCUT2D eigenvalue weighted by Gasteiger charge is -2.23. The Balaban J connectivity index is 2.14. The number of carbonyl (C=O) groups excluding carboxylic acids is 2. The standard InChI is InChI=1S/C18H27N3O3/c1-4-24-17-8-6-5-7-15(17)11-20-9-10-21(14(2)22)13-16(12-20)18(23)19-3/h5-8,16H,4,9-13H2,1-3H3,(H,19,23). The lowest BCUT2D eigenvalue weighted by atomic mass is 10.1. The zero-order valence-corrected chi connectivity index (χ0v) is 14.7. The molecule has 1 saturated heterocycles. The Morgan fingerprint density at radius 3 is 2.67 bits per heavy atom. The van der Waals surface area contributed by atoms with Crippen molar-refractivity contribution < 1.29 is 14.3 Å². The number of para-hydroxylation sites is 1. The maximum Gasteiger partial charge on any atom is 0.225 e. The van der Waals surface area contributed by atoms with Crippen molar-refractivity contribution in [2.24, 2.45) is 5.92 Å². The van der Waals surface area contributed by atoms with Gasteiger partial charge in [0.05, 0.1) is 12.5 Å². The van der Waals surface area contributed by atoms with Gasteiger partial charge in [0, 0.05) is 52.3 Å². The molecule has 2 rings (SSSR count). The smallest absolute Gasteiger partial charge is 0.225 e. The third-order valence-corrected chi connectivity index (χ3v) is 4.33. The molecule has 0 bridgehead atoms. The van der Waals surface area contributed by atoms with Gasteiger partial charge < -0.3 is 15.0 Å². The number of hydrogen-bond donors (Lipinski definition) is 1. The second kappa shape index (κ2) is 8.68. The minimum atomic E-state index is -0.222. The number of hydrogen-bond acceptors (Lipinski definition) is 4. The number of amides is 2. The number of carbonyl (C=O) groups is 2. The zero-order chi connectivity index (χ0) is 17.5. The molecule has 0 radical (unpaired) electrons. The predicted molar refractivity (Wildman–Crippen MR) is 92.7 cm³/mol. The van der Waals surface area contributed by atoms with Crippen LogP contribution in [0.3, 0.4) is 0 Å². The second-order valence-corrected chi connectivity index (χ2v) is 6.05. The Kier molecular flexibility index (Phi) is 6.61. The van der Waals surface area contributed by atoms with Crippen LogP contribution in [0.5, 0.6) is 5.75 Å². The third kappa shape index (κ3) is 4.71. The lowest BCUT2D eigenvalue weighted by Crippen LogP contribution is -2.40.